The number of carboxylic acids is 1. The fraction of sp³-hybridized carbons (Fsp3) is 0.500. The zero-order valence-electron chi connectivity index (χ0n) is 10.4. The smallest absolute Gasteiger partial charge is 0.759 e. The second kappa shape index (κ2) is 22.1. The molecular weight excluding hydrogens is 347 g/mol. The van der Waals surface area contributed by atoms with Crippen molar-refractivity contribution in [2.45, 2.75) is 6.92 Å². The maximum absolute atomic E-state index is 8.89. The SMILES string of the molecule is CC(=O)[O-].O=S(=O)([O-])O.O=S(=O)([O-])[O-].[K+].[NH4+].[Na+].[Na+]. The first-order valence-corrected chi connectivity index (χ1v) is 4.96. The predicted octanol–water partition coefficient (Wildman–Crippen LogP) is -12.2. The van der Waals surface area contributed by atoms with Gasteiger partial charge in [0.2, 0.25) is 10.4 Å². The Kier molecular flexibility index (Phi) is 52.6. The third kappa shape index (κ3) is 757. The quantitative estimate of drug-likeness (QED) is 0.236. The first kappa shape index (κ1) is 42.8. The van der Waals surface area contributed by atoms with Crippen molar-refractivity contribution in [3.8, 4) is 0 Å². The Labute approximate surface area is 191 Å². The molecule has 0 fully saturated rings. The molecule has 0 heterocycles. The van der Waals surface area contributed by atoms with Gasteiger partial charge < -0.3 is 29.7 Å². The largest absolute Gasteiger partial charge is 1.00 e. The fourth-order valence-corrected chi connectivity index (χ4v) is 0. The van der Waals surface area contributed by atoms with Crippen molar-refractivity contribution in [3.05, 3.63) is 0 Å². The molecule has 0 spiro atoms. The summed E-state index contributed by atoms with van der Waals surface area (Å²) in [4.78, 5) is 8.89. The number of carbonyl (C=O) groups is 1. The van der Waals surface area contributed by atoms with Gasteiger partial charge in [-0.15, -0.1) is 0 Å². The average molecular weight is 355 g/mol. The van der Waals surface area contributed by atoms with Crippen LogP contribution in [-0.2, 0) is 25.6 Å². The van der Waals surface area contributed by atoms with Gasteiger partial charge in [-0.05, 0) is 6.92 Å². The van der Waals surface area contributed by atoms with Gasteiger partial charge in [0.25, 0.3) is 0 Å². The molecule has 0 aromatic rings. The fourth-order valence-electron chi connectivity index (χ4n) is 0. The number of carbonyl (C=O) groups excluding carboxylic acids is 1. The molecule has 0 unspecified atom stereocenters. The number of hydrogen-bond donors (Lipinski definition) is 2. The van der Waals surface area contributed by atoms with Crippen molar-refractivity contribution in [1.29, 1.82) is 0 Å². The van der Waals surface area contributed by atoms with Gasteiger partial charge in [-0.25, -0.2) is 8.42 Å². The summed E-state index contributed by atoms with van der Waals surface area (Å²) in [6.07, 6.45) is 0. The summed E-state index contributed by atoms with van der Waals surface area (Å²) in [6.45, 7) is 0.972. The van der Waals surface area contributed by atoms with E-state index >= 15 is 0 Å². The van der Waals surface area contributed by atoms with E-state index in [1.807, 2.05) is 0 Å². The van der Waals surface area contributed by atoms with Crippen LogP contribution in [0, 0.1) is 0 Å². The van der Waals surface area contributed by atoms with E-state index in [0.717, 1.165) is 6.92 Å². The zero-order chi connectivity index (χ0) is 12.6. The summed E-state index contributed by atoms with van der Waals surface area (Å²) in [6, 6.07) is 0. The summed E-state index contributed by atoms with van der Waals surface area (Å²) in [5.74, 6) is -1.08. The van der Waals surface area contributed by atoms with Crippen LogP contribution in [0.3, 0.4) is 0 Å². The average Bonchev–Trinajstić information content (AvgIpc) is 1.45. The number of carboxylic acid groups (broad SMARTS) is 1. The summed E-state index contributed by atoms with van der Waals surface area (Å²) in [7, 11) is -10.1. The molecule has 0 aromatic carbocycles. The molecule has 0 aromatic heterocycles. The third-order valence-electron chi connectivity index (χ3n) is 0. The minimum atomic E-state index is -5.17. The van der Waals surface area contributed by atoms with E-state index in [0.29, 0.717) is 0 Å². The van der Waals surface area contributed by atoms with E-state index in [2.05, 4.69) is 0 Å². The standard InChI is InChI=1S/C2H4O2.K.H3N.2Na.2H2O4S/c1-2(3)4;;;;;2*1-5(2,3)4/h1H3,(H,3,4);;1H3;;;2*(H2,1,2,3,4)/q;+1;;2*+1;;/p-3. The van der Waals surface area contributed by atoms with Crippen LogP contribution in [0.5, 0.6) is 0 Å². The van der Waals surface area contributed by atoms with Gasteiger partial charge in [-0.3, -0.25) is 13.0 Å². The first-order chi connectivity index (χ1) is 5.73. The molecule has 0 saturated carbocycles. The predicted molar refractivity (Wildman–Crippen MR) is 39.5 cm³/mol. The Morgan fingerprint density at radius 3 is 1.00 bits per heavy atom. The minimum absolute atomic E-state index is 0. The molecule has 0 atom stereocenters. The summed E-state index contributed by atoms with van der Waals surface area (Å²) >= 11 is 0. The molecule has 0 amide bonds. The van der Waals surface area contributed by atoms with Crippen LogP contribution in [-0.4, -0.2) is 41.0 Å². The molecule has 0 radical (unpaired) electrons. The zero-order valence-corrected chi connectivity index (χ0v) is 19.2. The molecule has 0 aliphatic heterocycles. The maximum Gasteiger partial charge on any atom is 1.00 e. The van der Waals surface area contributed by atoms with Crippen LogP contribution in [0.25, 0.3) is 0 Å². The first-order valence-electron chi connectivity index (χ1n) is 2.26. The monoisotopic (exact) mass is 355 g/mol. The normalized spacial score (nSPS) is 7.83. The van der Waals surface area contributed by atoms with Crippen molar-refractivity contribution in [3.63, 3.8) is 0 Å². The van der Waals surface area contributed by atoms with Crippen LogP contribution >= 0.6 is 0 Å². The Morgan fingerprint density at radius 1 is 1.00 bits per heavy atom. The summed E-state index contributed by atoms with van der Waals surface area (Å²) in [5.41, 5.74) is 0. The van der Waals surface area contributed by atoms with Gasteiger partial charge in [0.15, 0.2) is 0 Å². The number of hydrogen-bond acceptors (Lipinski definition) is 9. The topological polar surface area (TPSA) is 234 Å². The molecule has 0 saturated heterocycles. The van der Waals surface area contributed by atoms with E-state index in [4.69, 9.17) is 44.9 Å². The molecule has 0 aliphatic rings. The van der Waals surface area contributed by atoms with Gasteiger partial charge in [0.05, 0.1) is 0 Å². The Morgan fingerprint density at radius 2 is 1.00 bits per heavy atom. The van der Waals surface area contributed by atoms with Crippen molar-refractivity contribution in [1.82, 2.24) is 6.15 Å². The van der Waals surface area contributed by atoms with E-state index in [-0.39, 0.29) is 117 Å². The van der Waals surface area contributed by atoms with Gasteiger partial charge in [0.1, 0.15) is 0 Å². The van der Waals surface area contributed by atoms with Crippen molar-refractivity contribution >= 4 is 26.8 Å². The third-order valence-corrected chi connectivity index (χ3v) is 0. The molecule has 5 N–H and O–H groups in total. The van der Waals surface area contributed by atoms with Crippen molar-refractivity contribution < 1.29 is 155 Å². The molecule has 11 nitrogen and oxygen atoms in total. The van der Waals surface area contributed by atoms with Crippen LogP contribution < -0.4 is 122 Å². The van der Waals surface area contributed by atoms with Gasteiger partial charge in [0, 0.05) is 16.4 Å². The van der Waals surface area contributed by atoms with E-state index < -0.39 is 26.8 Å². The molecule has 16 heteroatoms. The van der Waals surface area contributed by atoms with E-state index in [9.17, 15) is 0 Å². The van der Waals surface area contributed by atoms with Gasteiger partial charge in [-0.1, -0.05) is 0 Å². The van der Waals surface area contributed by atoms with Crippen molar-refractivity contribution in [2.24, 2.45) is 0 Å². The van der Waals surface area contributed by atoms with Crippen LogP contribution in [0.15, 0.2) is 0 Å². The van der Waals surface area contributed by atoms with E-state index in [1.165, 1.54) is 0 Å². The molecular formula is C2H8KNNa2O10S2. The number of rotatable bonds is 0. The Balaban J connectivity index is -0.0000000183. The Hall–Kier alpha value is 2.81. The van der Waals surface area contributed by atoms with Gasteiger partial charge >= 0.3 is 110 Å². The second-order valence-electron chi connectivity index (χ2n) is 1.33. The number of quaternary nitrogens is 1. The molecule has 0 rings (SSSR count). The number of aliphatic carboxylic acids is 1. The molecule has 18 heavy (non-hydrogen) atoms. The van der Waals surface area contributed by atoms with Crippen LogP contribution in [0.2, 0.25) is 0 Å². The maximum atomic E-state index is 8.89. The Bertz CT molecular complexity index is 302. The van der Waals surface area contributed by atoms with Gasteiger partial charge in [-0.2, -0.15) is 0 Å². The molecule has 0 aliphatic carbocycles. The van der Waals surface area contributed by atoms with Crippen LogP contribution in [0.1, 0.15) is 6.92 Å². The summed E-state index contributed by atoms with van der Waals surface area (Å²) in [5, 5.41) is 8.89. The molecule has 0 bridgehead atoms. The second-order valence-corrected chi connectivity index (χ2v) is 3.00. The van der Waals surface area contributed by atoms with Crippen LogP contribution in [0.4, 0.5) is 0 Å². The van der Waals surface area contributed by atoms with E-state index in [1.54, 1.807) is 0 Å². The molecule has 96 valence electrons. The summed E-state index contributed by atoms with van der Waals surface area (Å²) < 4.78 is 66.9. The van der Waals surface area contributed by atoms with Crippen molar-refractivity contribution in [2.75, 3.05) is 0 Å². The minimum Gasteiger partial charge on any atom is -0.759 e.